The zero-order valence-electron chi connectivity index (χ0n) is 23.7. The standard InChI is InChI=1S/C31H41N3O6/c1-38-24-18-22(19-25(39-2)28(24)40-3)26(20-12-6-4-7-13-20)31(37)34-17-11-10-16-23(34)30(36)33-27(29(32)35)21-14-8-5-9-15-21/h5,8-9,14-15,18-20,23,26-27H,4,6-7,10-13,16-17H2,1-3H3,(H2,32,35)(H,33,36)/t23-,26?,27?/m0/s1. The van der Waals surface area contributed by atoms with Gasteiger partial charge in [0.25, 0.3) is 0 Å². The number of nitrogens with one attached hydrogen (secondary N) is 1. The number of carbonyl (C=O) groups is 3. The first-order valence-electron chi connectivity index (χ1n) is 14.1. The van der Waals surface area contributed by atoms with E-state index in [1.54, 1.807) is 50.5 Å². The van der Waals surface area contributed by atoms with E-state index in [9.17, 15) is 14.4 Å². The van der Waals surface area contributed by atoms with Gasteiger partial charge in [0.1, 0.15) is 12.1 Å². The van der Waals surface area contributed by atoms with Crippen molar-refractivity contribution >= 4 is 17.7 Å². The number of ether oxygens (including phenoxy) is 3. The van der Waals surface area contributed by atoms with Crippen LogP contribution in [0.2, 0.25) is 0 Å². The third-order valence-corrected chi connectivity index (χ3v) is 8.23. The lowest BCUT2D eigenvalue weighted by atomic mass is 9.75. The SMILES string of the molecule is COc1cc(C(C(=O)N2CCCC[C@H]2C(=O)NC(C(N)=O)c2ccccc2)C2CCCCC2)cc(OC)c1OC. The lowest BCUT2D eigenvalue weighted by molar-refractivity contribution is -0.145. The highest BCUT2D eigenvalue weighted by molar-refractivity contribution is 5.94. The molecule has 3 atom stereocenters. The van der Waals surface area contributed by atoms with E-state index in [1.165, 1.54) is 0 Å². The molecule has 0 radical (unpaired) electrons. The third kappa shape index (κ3) is 6.35. The minimum atomic E-state index is -0.975. The Morgan fingerprint density at radius 3 is 2.05 bits per heavy atom. The molecule has 9 heteroatoms. The van der Waals surface area contributed by atoms with Crippen LogP contribution in [-0.2, 0) is 14.4 Å². The van der Waals surface area contributed by atoms with Crippen LogP contribution >= 0.6 is 0 Å². The summed E-state index contributed by atoms with van der Waals surface area (Å²) < 4.78 is 16.7. The van der Waals surface area contributed by atoms with E-state index < -0.39 is 23.9 Å². The second kappa shape index (κ2) is 13.5. The first kappa shape index (κ1) is 29.2. The highest BCUT2D eigenvalue weighted by Crippen LogP contribution is 2.45. The predicted molar refractivity (Wildman–Crippen MR) is 151 cm³/mol. The molecule has 1 saturated heterocycles. The van der Waals surface area contributed by atoms with Crippen LogP contribution in [-0.4, -0.2) is 56.5 Å². The normalized spacial score (nSPS) is 19.3. The number of methoxy groups -OCH3 is 3. The lowest BCUT2D eigenvalue weighted by Crippen LogP contribution is -2.55. The van der Waals surface area contributed by atoms with Crippen LogP contribution < -0.4 is 25.3 Å². The predicted octanol–water partition coefficient (Wildman–Crippen LogP) is 4.10. The van der Waals surface area contributed by atoms with Crippen molar-refractivity contribution in [2.75, 3.05) is 27.9 Å². The van der Waals surface area contributed by atoms with Gasteiger partial charge < -0.3 is 30.2 Å². The maximum atomic E-state index is 14.5. The topological polar surface area (TPSA) is 120 Å². The molecular formula is C31H41N3O6. The Kier molecular flexibility index (Phi) is 9.90. The lowest BCUT2D eigenvalue weighted by Gasteiger charge is -2.40. The van der Waals surface area contributed by atoms with Crippen LogP contribution in [0.1, 0.15) is 74.5 Å². The number of rotatable bonds is 10. The van der Waals surface area contributed by atoms with Crippen LogP contribution in [0.15, 0.2) is 42.5 Å². The molecule has 2 aromatic rings. The molecule has 216 valence electrons. The van der Waals surface area contributed by atoms with Crippen molar-refractivity contribution in [1.29, 1.82) is 0 Å². The summed E-state index contributed by atoms with van der Waals surface area (Å²) in [5.74, 6) is 0.00396. The number of likely N-dealkylation sites (tertiary alicyclic amines) is 1. The number of piperidine rings is 1. The highest BCUT2D eigenvalue weighted by atomic mass is 16.5. The molecule has 0 aromatic heterocycles. The molecule has 4 rings (SSSR count). The van der Waals surface area contributed by atoms with Crippen LogP contribution in [0, 0.1) is 5.92 Å². The summed E-state index contributed by atoms with van der Waals surface area (Å²) in [7, 11) is 4.67. The van der Waals surface area contributed by atoms with E-state index in [1.807, 2.05) is 18.2 Å². The van der Waals surface area contributed by atoms with Gasteiger partial charge in [0.2, 0.25) is 23.5 Å². The van der Waals surface area contributed by atoms with Gasteiger partial charge >= 0.3 is 0 Å². The minimum absolute atomic E-state index is 0.0867. The van der Waals surface area contributed by atoms with Gasteiger partial charge in [-0.2, -0.15) is 0 Å². The molecular weight excluding hydrogens is 510 g/mol. The molecule has 1 aliphatic carbocycles. The van der Waals surface area contributed by atoms with E-state index in [4.69, 9.17) is 19.9 Å². The summed E-state index contributed by atoms with van der Waals surface area (Å²) in [6.07, 6.45) is 7.25. The number of hydrogen-bond acceptors (Lipinski definition) is 6. The fourth-order valence-corrected chi connectivity index (χ4v) is 6.21. The Labute approximate surface area is 236 Å². The summed E-state index contributed by atoms with van der Waals surface area (Å²) in [5.41, 5.74) is 7.07. The number of benzene rings is 2. The van der Waals surface area contributed by atoms with Gasteiger partial charge in [0.15, 0.2) is 11.5 Å². The molecule has 2 aromatic carbocycles. The van der Waals surface area contributed by atoms with Crippen molar-refractivity contribution in [2.45, 2.75) is 69.4 Å². The van der Waals surface area contributed by atoms with Crippen LogP contribution in [0.4, 0.5) is 0 Å². The Morgan fingerprint density at radius 2 is 1.48 bits per heavy atom. The van der Waals surface area contributed by atoms with Crippen molar-refractivity contribution in [2.24, 2.45) is 11.7 Å². The number of nitrogens with zero attached hydrogens (tertiary/aromatic N) is 1. The molecule has 2 aliphatic rings. The number of carbonyl (C=O) groups excluding carboxylic acids is 3. The van der Waals surface area contributed by atoms with Gasteiger partial charge in [0.05, 0.1) is 27.2 Å². The molecule has 1 aliphatic heterocycles. The number of nitrogens with two attached hydrogens (primary N) is 1. The highest BCUT2D eigenvalue weighted by Gasteiger charge is 2.41. The van der Waals surface area contributed by atoms with E-state index >= 15 is 0 Å². The monoisotopic (exact) mass is 551 g/mol. The maximum absolute atomic E-state index is 14.5. The Bertz CT molecular complexity index is 1160. The van der Waals surface area contributed by atoms with E-state index in [2.05, 4.69) is 5.32 Å². The Balaban J connectivity index is 1.67. The van der Waals surface area contributed by atoms with Gasteiger partial charge in [-0.15, -0.1) is 0 Å². The van der Waals surface area contributed by atoms with Crippen molar-refractivity contribution in [3.8, 4) is 17.2 Å². The van der Waals surface area contributed by atoms with E-state index in [0.29, 0.717) is 35.8 Å². The second-order valence-corrected chi connectivity index (χ2v) is 10.6. The molecule has 2 fully saturated rings. The molecule has 9 nitrogen and oxygen atoms in total. The van der Waals surface area contributed by atoms with Crippen molar-refractivity contribution in [1.82, 2.24) is 10.2 Å². The maximum Gasteiger partial charge on any atom is 0.244 e. The van der Waals surface area contributed by atoms with Crippen LogP contribution in [0.3, 0.4) is 0 Å². The van der Waals surface area contributed by atoms with Crippen molar-refractivity contribution in [3.05, 3.63) is 53.6 Å². The molecule has 40 heavy (non-hydrogen) atoms. The summed E-state index contributed by atoms with van der Waals surface area (Å²) in [6.45, 7) is 0.469. The molecule has 0 bridgehead atoms. The first-order chi connectivity index (χ1) is 19.4. The number of hydrogen-bond donors (Lipinski definition) is 2. The quantitative estimate of drug-likeness (QED) is 0.459. The largest absolute Gasteiger partial charge is 0.493 e. The molecule has 3 N–H and O–H groups in total. The van der Waals surface area contributed by atoms with Crippen LogP contribution in [0.25, 0.3) is 0 Å². The average molecular weight is 552 g/mol. The zero-order valence-corrected chi connectivity index (χ0v) is 23.7. The summed E-state index contributed by atoms with van der Waals surface area (Å²) in [5, 5.41) is 2.83. The molecule has 2 unspecified atom stereocenters. The Morgan fingerprint density at radius 1 is 0.850 bits per heavy atom. The summed E-state index contributed by atoms with van der Waals surface area (Å²) in [4.78, 5) is 42.2. The van der Waals surface area contributed by atoms with Gasteiger partial charge in [-0.05, 0) is 61.3 Å². The van der Waals surface area contributed by atoms with Crippen molar-refractivity contribution in [3.63, 3.8) is 0 Å². The average Bonchev–Trinajstić information content (AvgIpc) is 3.00. The van der Waals surface area contributed by atoms with E-state index in [0.717, 1.165) is 50.5 Å². The fraction of sp³-hybridized carbons (Fsp3) is 0.516. The third-order valence-electron chi connectivity index (χ3n) is 8.23. The number of amides is 3. The van der Waals surface area contributed by atoms with Gasteiger partial charge in [-0.3, -0.25) is 14.4 Å². The van der Waals surface area contributed by atoms with Crippen LogP contribution in [0.5, 0.6) is 17.2 Å². The fourth-order valence-electron chi connectivity index (χ4n) is 6.21. The molecule has 1 saturated carbocycles. The van der Waals surface area contributed by atoms with Gasteiger partial charge in [-0.1, -0.05) is 49.6 Å². The number of primary amides is 1. The first-order valence-corrected chi connectivity index (χ1v) is 14.1. The summed E-state index contributed by atoms with van der Waals surface area (Å²) >= 11 is 0. The second-order valence-electron chi connectivity index (χ2n) is 10.6. The summed E-state index contributed by atoms with van der Waals surface area (Å²) in [6, 6.07) is 11.0. The molecule has 0 spiro atoms. The van der Waals surface area contributed by atoms with E-state index in [-0.39, 0.29) is 17.7 Å². The minimum Gasteiger partial charge on any atom is -0.493 e. The molecule has 3 amide bonds. The molecule has 1 heterocycles. The van der Waals surface area contributed by atoms with Gasteiger partial charge in [-0.25, -0.2) is 0 Å². The van der Waals surface area contributed by atoms with Crippen molar-refractivity contribution < 1.29 is 28.6 Å². The Hall–Kier alpha value is -3.75. The smallest absolute Gasteiger partial charge is 0.244 e. The van der Waals surface area contributed by atoms with Gasteiger partial charge in [0, 0.05) is 6.54 Å². The zero-order chi connectivity index (χ0) is 28.6.